The van der Waals surface area contributed by atoms with E-state index >= 15 is 0 Å². The van der Waals surface area contributed by atoms with E-state index in [0.717, 1.165) is 51.7 Å². The van der Waals surface area contributed by atoms with Crippen LogP contribution in [0.2, 0.25) is 0 Å². The standard InChI is InChI=1S/C14H32N4OS/c1-5-15-14(16-8-6-7-13-20-4)17-9-10-18(2)11-12-19-3/h5-13H2,1-4H3,(H2,15,16,17). The number of unbranched alkanes of at least 4 members (excludes halogenated alkanes) is 1. The van der Waals surface area contributed by atoms with Crippen LogP contribution >= 0.6 is 11.8 Å². The molecule has 0 aliphatic carbocycles. The van der Waals surface area contributed by atoms with E-state index in [1.54, 1.807) is 7.11 Å². The number of guanidine groups is 1. The zero-order valence-corrected chi connectivity index (χ0v) is 14.4. The van der Waals surface area contributed by atoms with Gasteiger partial charge in [0.2, 0.25) is 0 Å². The quantitative estimate of drug-likeness (QED) is 0.323. The molecule has 0 unspecified atom stereocenters. The first-order chi connectivity index (χ1) is 9.74. The third-order valence-corrected chi connectivity index (χ3v) is 3.53. The van der Waals surface area contributed by atoms with Gasteiger partial charge in [0.05, 0.1) is 6.61 Å². The van der Waals surface area contributed by atoms with E-state index in [9.17, 15) is 0 Å². The van der Waals surface area contributed by atoms with E-state index < -0.39 is 0 Å². The summed E-state index contributed by atoms with van der Waals surface area (Å²) in [6, 6.07) is 0. The van der Waals surface area contributed by atoms with Gasteiger partial charge in [-0.2, -0.15) is 11.8 Å². The number of nitrogens with one attached hydrogen (secondary N) is 2. The van der Waals surface area contributed by atoms with Crippen LogP contribution in [0.15, 0.2) is 4.99 Å². The Labute approximate surface area is 128 Å². The number of hydrogen-bond acceptors (Lipinski definition) is 4. The van der Waals surface area contributed by atoms with Crippen LogP contribution in [0.3, 0.4) is 0 Å². The maximum Gasteiger partial charge on any atom is 0.191 e. The van der Waals surface area contributed by atoms with Gasteiger partial charge in [-0.25, -0.2) is 0 Å². The zero-order chi connectivity index (χ0) is 15.1. The number of nitrogens with zero attached hydrogens (tertiary/aromatic N) is 2. The summed E-state index contributed by atoms with van der Waals surface area (Å²) in [6.07, 6.45) is 4.55. The van der Waals surface area contributed by atoms with E-state index in [1.807, 2.05) is 11.8 Å². The summed E-state index contributed by atoms with van der Waals surface area (Å²) in [7, 11) is 3.84. The molecule has 120 valence electrons. The summed E-state index contributed by atoms with van der Waals surface area (Å²) >= 11 is 1.90. The first kappa shape index (κ1) is 19.5. The summed E-state index contributed by atoms with van der Waals surface area (Å²) < 4.78 is 5.06. The Kier molecular flexibility index (Phi) is 14.6. The molecule has 2 N–H and O–H groups in total. The maximum absolute atomic E-state index is 5.06. The van der Waals surface area contributed by atoms with E-state index in [2.05, 4.69) is 40.8 Å². The van der Waals surface area contributed by atoms with Crippen LogP contribution in [-0.2, 0) is 4.74 Å². The average molecular weight is 305 g/mol. The number of rotatable bonds is 12. The molecule has 0 heterocycles. The van der Waals surface area contributed by atoms with Gasteiger partial charge in [-0.05, 0) is 38.8 Å². The minimum Gasteiger partial charge on any atom is -0.383 e. The van der Waals surface area contributed by atoms with Gasteiger partial charge in [-0.15, -0.1) is 0 Å². The van der Waals surface area contributed by atoms with Gasteiger partial charge in [0.25, 0.3) is 0 Å². The zero-order valence-electron chi connectivity index (χ0n) is 13.6. The van der Waals surface area contributed by atoms with Gasteiger partial charge in [0, 0.05) is 39.8 Å². The fourth-order valence-corrected chi connectivity index (χ4v) is 2.11. The number of aliphatic imine (C=N–C) groups is 1. The van der Waals surface area contributed by atoms with Crippen molar-refractivity contribution in [1.82, 2.24) is 15.5 Å². The molecule has 0 aromatic carbocycles. The van der Waals surface area contributed by atoms with Gasteiger partial charge < -0.3 is 20.3 Å². The molecule has 6 heteroatoms. The van der Waals surface area contributed by atoms with Crippen molar-refractivity contribution in [1.29, 1.82) is 0 Å². The van der Waals surface area contributed by atoms with Crippen LogP contribution in [0, 0.1) is 0 Å². The highest BCUT2D eigenvalue weighted by atomic mass is 32.2. The lowest BCUT2D eigenvalue weighted by molar-refractivity contribution is 0.162. The van der Waals surface area contributed by atoms with Crippen molar-refractivity contribution in [2.45, 2.75) is 19.8 Å². The number of thioether (sulfide) groups is 1. The molecule has 0 atom stereocenters. The van der Waals surface area contributed by atoms with Crippen LogP contribution in [0.1, 0.15) is 19.8 Å². The molecule has 0 saturated heterocycles. The summed E-state index contributed by atoms with van der Waals surface area (Å²) in [5.41, 5.74) is 0. The smallest absolute Gasteiger partial charge is 0.191 e. The number of methoxy groups -OCH3 is 1. The van der Waals surface area contributed by atoms with Crippen molar-refractivity contribution in [2.24, 2.45) is 4.99 Å². The minimum absolute atomic E-state index is 0.778. The van der Waals surface area contributed by atoms with Crippen molar-refractivity contribution < 1.29 is 4.74 Å². The van der Waals surface area contributed by atoms with Crippen LogP contribution < -0.4 is 10.6 Å². The fraction of sp³-hybridized carbons (Fsp3) is 0.929. The Morgan fingerprint density at radius 3 is 2.70 bits per heavy atom. The molecular weight excluding hydrogens is 272 g/mol. The summed E-state index contributed by atoms with van der Waals surface area (Å²) in [5, 5.41) is 6.65. The monoisotopic (exact) mass is 304 g/mol. The average Bonchev–Trinajstić information content (AvgIpc) is 2.44. The van der Waals surface area contributed by atoms with Crippen LogP contribution in [-0.4, -0.2) is 76.4 Å². The lowest BCUT2D eigenvalue weighted by Gasteiger charge is -2.17. The van der Waals surface area contributed by atoms with Crippen molar-refractivity contribution in [2.75, 3.05) is 65.5 Å². The molecule has 0 fully saturated rings. The fourth-order valence-electron chi connectivity index (χ4n) is 1.61. The van der Waals surface area contributed by atoms with E-state index in [0.29, 0.717) is 0 Å². The SMILES string of the molecule is CCNC(=NCCCCSC)NCCN(C)CCOC. The Morgan fingerprint density at radius 1 is 1.25 bits per heavy atom. The molecule has 0 radical (unpaired) electrons. The van der Waals surface area contributed by atoms with Gasteiger partial charge in [0.15, 0.2) is 5.96 Å². The van der Waals surface area contributed by atoms with Crippen LogP contribution in [0.5, 0.6) is 0 Å². The predicted octanol–water partition coefficient (Wildman–Crippen LogP) is 1.26. The van der Waals surface area contributed by atoms with Gasteiger partial charge in [-0.1, -0.05) is 0 Å². The molecule has 0 aromatic heterocycles. The Morgan fingerprint density at radius 2 is 2.05 bits per heavy atom. The maximum atomic E-state index is 5.06. The third kappa shape index (κ3) is 12.6. The molecule has 0 saturated carbocycles. The second-order valence-corrected chi connectivity index (χ2v) is 5.67. The van der Waals surface area contributed by atoms with Gasteiger partial charge >= 0.3 is 0 Å². The van der Waals surface area contributed by atoms with Crippen molar-refractivity contribution in [3.8, 4) is 0 Å². The van der Waals surface area contributed by atoms with Crippen LogP contribution in [0.4, 0.5) is 0 Å². The molecule has 20 heavy (non-hydrogen) atoms. The van der Waals surface area contributed by atoms with Crippen molar-refractivity contribution >= 4 is 17.7 Å². The highest BCUT2D eigenvalue weighted by molar-refractivity contribution is 7.98. The lowest BCUT2D eigenvalue weighted by atomic mass is 10.3. The first-order valence-electron chi connectivity index (χ1n) is 7.43. The Bertz CT molecular complexity index is 239. The normalized spacial score (nSPS) is 11.9. The predicted molar refractivity (Wildman–Crippen MR) is 91.0 cm³/mol. The highest BCUT2D eigenvalue weighted by Gasteiger charge is 1.99. The number of hydrogen-bond donors (Lipinski definition) is 2. The second kappa shape index (κ2) is 14.9. The summed E-state index contributed by atoms with van der Waals surface area (Å²) in [5.74, 6) is 2.15. The number of likely N-dealkylation sites (N-methyl/N-ethyl adjacent to an activating group) is 1. The topological polar surface area (TPSA) is 48.9 Å². The highest BCUT2D eigenvalue weighted by Crippen LogP contribution is 1.98. The van der Waals surface area contributed by atoms with E-state index in [1.165, 1.54) is 12.2 Å². The van der Waals surface area contributed by atoms with Crippen molar-refractivity contribution in [3.05, 3.63) is 0 Å². The first-order valence-corrected chi connectivity index (χ1v) is 8.82. The Hall–Kier alpha value is -0.460. The molecule has 0 aliphatic rings. The number of ether oxygens (including phenoxy) is 1. The molecule has 0 rings (SSSR count). The van der Waals surface area contributed by atoms with E-state index in [-0.39, 0.29) is 0 Å². The molecule has 0 aromatic rings. The second-order valence-electron chi connectivity index (χ2n) is 4.68. The molecule has 0 aliphatic heterocycles. The third-order valence-electron chi connectivity index (χ3n) is 2.83. The van der Waals surface area contributed by atoms with Gasteiger partial charge in [-0.3, -0.25) is 4.99 Å². The summed E-state index contributed by atoms with van der Waals surface area (Å²) in [4.78, 5) is 6.83. The van der Waals surface area contributed by atoms with E-state index in [4.69, 9.17) is 4.74 Å². The van der Waals surface area contributed by atoms with Gasteiger partial charge in [0.1, 0.15) is 0 Å². The summed E-state index contributed by atoms with van der Waals surface area (Å²) in [6.45, 7) is 7.51. The molecule has 0 amide bonds. The molecular formula is C14H32N4OS. The van der Waals surface area contributed by atoms with Crippen molar-refractivity contribution in [3.63, 3.8) is 0 Å². The Balaban J connectivity index is 3.80. The molecule has 0 bridgehead atoms. The molecule has 5 nitrogen and oxygen atoms in total. The minimum atomic E-state index is 0.778. The lowest BCUT2D eigenvalue weighted by Crippen LogP contribution is -2.41. The van der Waals surface area contributed by atoms with Crippen LogP contribution in [0.25, 0.3) is 0 Å². The molecule has 0 spiro atoms. The largest absolute Gasteiger partial charge is 0.383 e.